The Morgan fingerprint density at radius 1 is 1.15 bits per heavy atom. The zero-order chi connectivity index (χ0) is 18.5. The van der Waals surface area contributed by atoms with Crippen LogP contribution in [-0.2, 0) is 9.53 Å². The first-order chi connectivity index (χ1) is 12.6. The van der Waals surface area contributed by atoms with Crippen LogP contribution in [0, 0.1) is 18.8 Å². The predicted molar refractivity (Wildman–Crippen MR) is 97.8 cm³/mol. The average molecular weight is 360 g/mol. The van der Waals surface area contributed by atoms with Crippen LogP contribution in [0.2, 0.25) is 0 Å². The second-order valence-electron chi connectivity index (χ2n) is 7.29. The first-order valence-corrected chi connectivity index (χ1v) is 9.42. The van der Waals surface area contributed by atoms with E-state index in [0.717, 1.165) is 11.1 Å². The summed E-state index contributed by atoms with van der Waals surface area (Å²) < 4.78 is 5.47. The van der Waals surface area contributed by atoms with E-state index in [4.69, 9.17) is 4.74 Å². The number of aliphatic hydroxyl groups excluding tert-OH is 1. The van der Waals surface area contributed by atoms with E-state index in [-0.39, 0.29) is 30.3 Å². The molecule has 2 heterocycles. The van der Waals surface area contributed by atoms with Crippen LogP contribution in [0.1, 0.15) is 28.8 Å². The van der Waals surface area contributed by atoms with Gasteiger partial charge in [-0.05, 0) is 31.4 Å². The molecule has 1 N–H and O–H groups in total. The molecule has 2 aliphatic heterocycles. The minimum Gasteiger partial charge on any atom is -0.396 e. The van der Waals surface area contributed by atoms with Crippen molar-refractivity contribution in [3.8, 4) is 0 Å². The molecule has 6 nitrogen and oxygen atoms in total. The SMILES string of the molecule is Cc1ccccc1C(=O)N1CCC(C(=O)N2CCOCC(CO)C2)CC1. The van der Waals surface area contributed by atoms with Gasteiger partial charge >= 0.3 is 0 Å². The van der Waals surface area contributed by atoms with Crippen LogP contribution >= 0.6 is 0 Å². The summed E-state index contributed by atoms with van der Waals surface area (Å²) in [5.41, 5.74) is 1.73. The van der Waals surface area contributed by atoms with Crippen LogP contribution in [0.3, 0.4) is 0 Å². The number of ether oxygens (including phenoxy) is 1. The van der Waals surface area contributed by atoms with Gasteiger partial charge in [0.2, 0.25) is 5.91 Å². The first-order valence-electron chi connectivity index (χ1n) is 9.42. The van der Waals surface area contributed by atoms with Crippen molar-refractivity contribution < 1.29 is 19.4 Å². The number of rotatable bonds is 3. The first kappa shape index (κ1) is 18.9. The Hall–Kier alpha value is -1.92. The highest BCUT2D eigenvalue weighted by Gasteiger charge is 2.32. The molecule has 1 atom stereocenters. The summed E-state index contributed by atoms with van der Waals surface area (Å²) in [5, 5.41) is 9.39. The van der Waals surface area contributed by atoms with Gasteiger partial charge in [0.05, 0.1) is 13.2 Å². The number of hydrogen-bond donors (Lipinski definition) is 1. The lowest BCUT2D eigenvalue weighted by molar-refractivity contribution is -0.137. The molecule has 142 valence electrons. The number of aryl methyl sites for hydroxylation is 1. The van der Waals surface area contributed by atoms with E-state index < -0.39 is 0 Å². The van der Waals surface area contributed by atoms with E-state index in [1.54, 1.807) is 0 Å². The van der Waals surface area contributed by atoms with E-state index in [1.807, 2.05) is 41.0 Å². The summed E-state index contributed by atoms with van der Waals surface area (Å²) in [6.07, 6.45) is 1.38. The number of carbonyl (C=O) groups is 2. The minimum absolute atomic E-state index is 0.0100. The lowest BCUT2D eigenvalue weighted by atomic mass is 9.94. The molecule has 6 heteroatoms. The molecule has 0 aromatic heterocycles. The lowest BCUT2D eigenvalue weighted by Gasteiger charge is -2.34. The number of likely N-dealkylation sites (tertiary alicyclic amines) is 1. The number of hydrogen-bond acceptors (Lipinski definition) is 4. The van der Waals surface area contributed by atoms with Gasteiger partial charge in [0.1, 0.15) is 0 Å². The predicted octanol–water partition coefficient (Wildman–Crippen LogP) is 1.31. The van der Waals surface area contributed by atoms with Gasteiger partial charge in [0.25, 0.3) is 5.91 Å². The highest BCUT2D eigenvalue weighted by molar-refractivity contribution is 5.95. The monoisotopic (exact) mass is 360 g/mol. The van der Waals surface area contributed by atoms with Gasteiger partial charge in [0.15, 0.2) is 0 Å². The van der Waals surface area contributed by atoms with E-state index in [0.29, 0.717) is 52.2 Å². The van der Waals surface area contributed by atoms with Crippen molar-refractivity contribution in [3.63, 3.8) is 0 Å². The quantitative estimate of drug-likeness (QED) is 0.882. The van der Waals surface area contributed by atoms with Crippen LogP contribution in [0.15, 0.2) is 24.3 Å². The second kappa shape index (κ2) is 8.64. The number of amides is 2. The molecule has 26 heavy (non-hydrogen) atoms. The summed E-state index contributed by atoms with van der Waals surface area (Å²) in [6.45, 7) is 5.36. The van der Waals surface area contributed by atoms with Crippen molar-refractivity contribution in [2.24, 2.45) is 11.8 Å². The highest BCUT2D eigenvalue weighted by Crippen LogP contribution is 2.23. The molecule has 0 radical (unpaired) electrons. The lowest BCUT2D eigenvalue weighted by Crippen LogP contribution is -2.46. The summed E-state index contributed by atoms with van der Waals surface area (Å²) >= 11 is 0. The Morgan fingerprint density at radius 2 is 1.88 bits per heavy atom. The third kappa shape index (κ3) is 4.24. The molecule has 2 saturated heterocycles. The maximum absolute atomic E-state index is 12.9. The van der Waals surface area contributed by atoms with Crippen LogP contribution in [0.4, 0.5) is 0 Å². The molecule has 0 spiro atoms. The fourth-order valence-corrected chi connectivity index (χ4v) is 3.76. The van der Waals surface area contributed by atoms with Gasteiger partial charge in [-0.2, -0.15) is 0 Å². The largest absolute Gasteiger partial charge is 0.396 e. The van der Waals surface area contributed by atoms with Crippen molar-refractivity contribution in [2.45, 2.75) is 19.8 Å². The second-order valence-corrected chi connectivity index (χ2v) is 7.29. The van der Waals surface area contributed by atoms with E-state index >= 15 is 0 Å². The van der Waals surface area contributed by atoms with E-state index in [1.165, 1.54) is 0 Å². The fraction of sp³-hybridized carbons (Fsp3) is 0.600. The fourth-order valence-electron chi connectivity index (χ4n) is 3.76. The van der Waals surface area contributed by atoms with E-state index in [2.05, 4.69) is 0 Å². The third-order valence-corrected chi connectivity index (χ3v) is 5.41. The van der Waals surface area contributed by atoms with Gasteiger partial charge < -0.3 is 19.6 Å². The van der Waals surface area contributed by atoms with Crippen LogP contribution in [-0.4, -0.2) is 72.7 Å². The molecule has 0 saturated carbocycles. The molecule has 0 aliphatic carbocycles. The van der Waals surface area contributed by atoms with E-state index in [9.17, 15) is 14.7 Å². The third-order valence-electron chi connectivity index (χ3n) is 5.41. The van der Waals surface area contributed by atoms with Crippen molar-refractivity contribution in [1.82, 2.24) is 9.80 Å². The molecular weight excluding hydrogens is 332 g/mol. The smallest absolute Gasteiger partial charge is 0.254 e. The van der Waals surface area contributed by atoms with Gasteiger partial charge in [-0.25, -0.2) is 0 Å². The summed E-state index contributed by atoms with van der Waals surface area (Å²) in [7, 11) is 0. The standard InChI is InChI=1S/C20H28N2O4/c1-15-4-2-3-5-18(15)20(25)21-8-6-17(7-9-21)19(24)22-10-11-26-14-16(12-22)13-23/h2-5,16-17,23H,6-14H2,1H3. The van der Waals surface area contributed by atoms with Gasteiger partial charge in [-0.1, -0.05) is 18.2 Å². The summed E-state index contributed by atoms with van der Waals surface area (Å²) in [4.78, 5) is 29.3. The Labute approximate surface area is 154 Å². The average Bonchev–Trinajstić information content (AvgIpc) is 2.93. The number of aliphatic hydroxyl groups is 1. The maximum Gasteiger partial charge on any atom is 0.254 e. The number of carbonyl (C=O) groups excluding carboxylic acids is 2. The number of benzene rings is 1. The zero-order valence-corrected chi connectivity index (χ0v) is 15.4. The van der Waals surface area contributed by atoms with Gasteiger partial charge in [-0.3, -0.25) is 9.59 Å². The van der Waals surface area contributed by atoms with Crippen LogP contribution in [0.5, 0.6) is 0 Å². The Morgan fingerprint density at radius 3 is 2.58 bits per heavy atom. The normalized spacial score (nSPS) is 22.2. The van der Waals surface area contributed by atoms with Crippen molar-refractivity contribution in [1.29, 1.82) is 0 Å². The molecular formula is C20H28N2O4. The molecule has 1 aromatic carbocycles. The highest BCUT2D eigenvalue weighted by atomic mass is 16.5. The Bertz CT molecular complexity index is 640. The molecule has 2 aliphatic rings. The minimum atomic E-state index is -0.0478. The van der Waals surface area contributed by atoms with Crippen molar-refractivity contribution >= 4 is 11.8 Å². The molecule has 2 fully saturated rings. The van der Waals surface area contributed by atoms with Gasteiger partial charge in [-0.15, -0.1) is 0 Å². The molecule has 1 unspecified atom stereocenters. The van der Waals surface area contributed by atoms with Crippen LogP contribution < -0.4 is 0 Å². The van der Waals surface area contributed by atoms with Crippen molar-refractivity contribution in [3.05, 3.63) is 35.4 Å². The summed E-state index contributed by atoms with van der Waals surface area (Å²) in [5.74, 6) is 0.131. The summed E-state index contributed by atoms with van der Waals surface area (Å²) in [6, 6.07) is 7.63. The molecule has 2 amide bonds. The topological polar surface area (TPSA) is 70.1 Å². The maximum atomic E-state index is 12.9. The number of nitrogens with zero attached hydrogens (tertiary/aromatic N) is 2. The zero-order valence-electron chi connectivity index (χ0n) is 15.4. The Kier molecular flexibility index (Phi) is 6.27. The van der Waals surface area contributed by atoms with Crippen molar-refractivity contribution in [2.75, 3.05) is 46.0 Å². The molecule has 1 aromatic rings. The Balaban J connectivity index is 1.57. The number of piperidine rings is 1. The van der Waals surface area contributed by atoms with Crippen LogP contribution in [0.25, 0.3) is 0 Å². The van der Waals surface area contributed by atoms with Gasteiger partial charge in [0, 0.05) is 50.2 Å². The molecule has 0 bridgehead atoms. The molecule has 3 rings (SSSR count).